The molecule has 1 aliphatic rings. The summed E-state index contributed by atoms with van der Waals surface area (Å²) < 4.78 is 71.6. The molecule has 0 aliphatic carbocycles. The molecule has 3 unspecified atom stereocenters. The van der Waals surface area contributed by atoms with Crippen LogP contribution in [0.2, 0.25) is 0 Å². The molecule has 1 aromatic rings. The molecular weight excluding hydrogens is 509 g/mol. The standard InChI is InChI=1S/C11H16F2N5O11P3/c1-5-3-18(10(20)15-9(5)19)8-2-6(16-17-14)7(28-8)4-30(21,22)29-32(26,27)11(12,13)31(23,24)25/h3,6-8H,2,4H2,1H3,(H,21,22)(H,26,27)(H,15,19,20)(H2,23,24,25)/t6?,7-,8-/m1/s1. The first-order valence-corrected chi connectivity index (χ1v) is 13.2. The number of aromatic amines is 1. The van der Waals surface area contributed by atoms with Crippen molar-refractivity contribution in [3.05, 3.63) is 43.0 Å². The zero-order chi connectivity index (χ0) is 24.7. The number of aryl methyl sites for hydroxylation is 1. The SMILES string of the molecule is Cc1cn([C@H]2CC(N=[N+]=[N-])[C@@H](CP(=O)(O)OP(=O)(O)C(F)(F)P(=O)(O)O)O2)c(=O)[nH]c1=O. The Morgan fingerprint density at radius 2 is 1.94 bits per heavy atom. The van der Waals surface area contributed by atoms with Crippen molar-refractivity contribution < 1.29 is 51.1 Å². The van der Waals surface area contributed by atoms with Crippen LogP contribution in [-0.4, -0.2) is 52.8 Å². The number of aromatic nitrogens is 2. The lowest BCUT2D eigenvalue weighted by atomic mass is 10.1. The van der Waals surface area contributed by atoms with Gasteiger partial charge in [0, 0.05) is 23.1 Å². The van der Waals surface area contributed by atoms with Crippen molar-refractivity contribution in [2.24, 2.45) is 5.11 Å². The van der Waals surface area contributed by atoms with Gasteiger partial charge in [0.2, 0.25) is 0 Å². The Balaban J connectivity index is 2.31. The molecular formula is C11H16F2N5O11P3. The maximum absolute atomic E-state index is 13.5. The first-order chi connectivity index (χ1) is 14.4. The van der Waals surface area contributed by atoms with Crippen LogP contribution in [0.4, 0.5) is 8.78 Å². The van der Waals surface area contributed by atoms with Crippen molar-refractivity contribution in [1.29, 1.82) is 0 Å². The number of alkyl halides is 2. The van der Waals surface area contributed by atoms with E-state index >= 15 is 0 Å². The third kappa shape index (κ3) is 5.43. The molecule has 0 spiro atoms. The van der Waals surface area contributed by atoms with Gasteiger partial charge in [0.05, 0.1) is 18.3 Å². The molecule has 180 valence electrons. The molecule has 5 atom stereocenters. The molecule has 5 N–H and O–H groups in total. The number of halogens is 2. The van der Waals surface area contributed by atoms with Crippen LogP contribution in [0.1, 0.15) is 18.2 Å². The van der Waals surface area contributed by atoms with Gasteiger partial charge in [-0.15, -0.1) is 0 Å². The molecule has 0 aromatic carbocycles. The summed E-state index contributed by atoms with van der Waals surface area (Å²) in [6.45, 7) is 1.35. The van der Waals surface area contributed by atoms with Crippen LogP contribution < -0.4 is 11.2 Å². The van der Waals surface area contributed by atoms with Gasteiger partial charge in [-0.2, -0.15) is 8.78 Å². The van der Waals surface area contributed by atoms with Gasteiger partial charge in [-0.1, -0.05) is 5.11 Å². The topological polar surface area (TPSA) is 254 Å². The highest BCUT2D eigenvalue weighted by Crippen LogP contribution is 2.77. The number of nitrogens with zero attached hydrogens (tertiary/aromatic N) is 4. The highest BCUT2D eigenvalue weighted by molar-refractivity contribution is 7.76. The largest absolute Gasteiger partial charge is 0.444 e. The lowest BCUT2D eigenvalue weighted by molar-refractivity contribution is 0.00568. The van der Waals surface area contributed by atoms with Gasteiger partial charge in [-0.05, 0) is 12.5 Å². The molecule has 32 heavy (non-hydrogen) atoms. The summed E-state index contributed by atoms with van der Waals surface area (Å²) in [7, 11) is -18.8. The van der Waals surface area contributed by atoms with E-state index < -0.39 is 64.0 Å². The van der Waals surface area contributed by atoms with Crippen LogP contribution in [0.3, 0.4) is 0 Å². The Morgan fingerprint density at radius 3 is 2.47 bits per heavy atom. The summed E-state index contributed by atoms with van der Waals surface area (Å²) in [6, 6.07) is -1.30. The monoisotopic (exact) mass is 525 g/mol. The van der Waals surface area contributed by atoms with Crippen LogP contribution in [0.5, 0.6) is 0 Å². The van der Waals surface area contributed by atoms with Crippen molar-refractivity contribution >= 4 is 22.8 Å². The first kappa shape index (κ1) is 26.6. The molecule has 0 amide bonds. The molecule has 0 saturated carbocycles. The summed E-state index contributed by atoms with van der Waals surface area (Å²) in [5.74, 6) is 0. The third-order valence-corrected chi connectivity index (χ3v) is 9.85. The Labute approximate surface area is 175 Å². The van der Waals surface area contributed by atoms with E-state index in [0.717, 1.165) is 10.8 Å². The Kier molecular flexibility index (Phi) is 7.40. The molecule has 2 rings (SSSR count). The first-order valence-electron chi connectivity index (χ1n) is 8.23. The molecule has 21 heteroatoms. The van der Waals surface area contributed by atoms with E-state index in [0.29, 0.717) is 0 Å². The maximum Gasteiger partial charge on any atom is 0.444 e. The van der Waals surface area contributed by atoms with Gasteiger partial charge >= 0.3 is 33.9 Å². The smallest absolute Gasteiger partial charge is 0.354 e. The average Bonchev–Trinajstić information content (AvgIpc) is 2.97. The average molecular weight is 525 g/mol. The van der Waals surface area contributed by atoms with Crippen molar-refractivity contribution in [3.63, 3.8) is 0 Å². The fourth-order valence-electron chi connectivity index (χ4n) is 2.69. The third-order valence-electron chi connectivity index (χ3n) is 4.20. The zero-order valence-electron chi connectivity index (χ0n) is 15.8. The summed E-state index contributed by atoms with van der Waals surface area (Å²) in [5, 5.41) is -2.40. The maximum atomic E-state index is 13.5. The number of hydrogen-bond acceptors (Lipinski definition) is 8. The number of H-pyrrole nitrogens is 1. The molecule has 1 aromatic heterocycles. The predicted octanol–water partition coefficient (Wildman–Crippen LogP) is 0.927. The van der Waals surface area contributed by atoms with Gasteiger partial charge < -0.3 is 24.3 Å². The number of hydrogen-bond donors (Lipinski definition) is 5. The molecule has 1 saturated heterocycles. The van der Waals surface area contributed by atoms with E-state index in [1.54, 1.807) is 0 Å². The van der Waals surface area contributed by atoms with E-state index in [-0.39, 0.29) is 12.0 Å². The highest BCUT2D eigenvalue weighted by Gasteiger charge is 2.66. The van der Waals surface area contributed by atoms with Gasteiger partial charge in [-0.25, -0.2) is 9.11 Å². The second-order valence-corrected chi connectivity index (χ2v) is 12.5. The van der Waals surface area contributed by atoms with E-state index in [2.05, 4.69) is 14.3 Å². The van der Waals surface area contributed by atoms with Gasteiger partial charge in [0.15, 0.2) is 0 Å². The zero-order valence-corrected chi connectivity index (χ0v) is 18.4. The predicted molar refractivity (Wildman–Crippen MR) is 100 cm³/mol. The number of azide groups is 1. The normalized spacial score (nSPS) is 25.5. The molecule has 0 radical (unpaired) electrons. The van der Waals surface area contributed by atoms with Gasteiger partial charge in [0.1, 0.15) is 6.23 Å². The number of rotatable bonds is 8. The van der Waals surface area contributed by atoms with Crippen LogP contribution >= 0.6 is 22.8 Å². The van der Waals surface area contributed by atoms with Crippen molar-refractivity contribution in [1.82, 2.24) is 9.55 Å². The van der Waals surface area contributed by atoms with Crippen LogP contribution in [0.15, 0.2) is 20.9 Å². The van der Waals surface area contributed by atoms with Crippen LogP contribution in [-0.2, 0) is 22.7 Å². The molecule has 0 bridgehead atoms. The lowest BCUT2D eigenvalue weighted by Crippen LogP contribution is -2.33. The Hall–Kier alpha value is -1.70. The van der Waals surface area contributed by atoms with Crippen LogP contribution in [0, 0.1) is 6.92 Å². The van der Waals surface area contributed by atoms with E-state index in [1.165, 1.54) is 6.92 Å². The fraction of sp³-hybridized carbons (Fsp3) is 0.636. The van der Waals surface area contributed by atoms with Gasteiger partial charge in [-0.3, -0.25) is 28.0 Å². The fourth-order valence-corrected chi connectivity index (χ4v) is 7.16. The second-order valence-electron chi connectivity index (χ2n) is 6.59. The van der Waals surface area contributed by atoms with Gasteiger partial charge in [0.25, 0.3) is 5.56 Å². The molecule has 16 nitrogen and oxygen atoms in total. The van der Waals surface area contributed by atoms with Crippen LogP contribution in [0.25, 0.3) is 10.4 Å². The molecule has 1 fully saturated rings. The molecule has 1 aliphatic heterocycles. The molecule has 2 heterocycles. The minimum atomic E-state index is -6.69. The van der Waals surface area contributed by atoms with Crippen molar-refractivity contribution in [2.45, 2.75) is 37.1 Å². The number of ether oxygens (including phenoxy) is 1. The highest BCUT2D eigenvalue weighted by atomic mass is 31.3. The summed E-state index contributed by atoms with van der Waals surface area (Å²) in [6.07, 6.45) is -3.42. The minimum absolute atomic E-state index is 0.0778. The quantitative estimate of drug-likeness (QED) is 0.138. The van der Waals surface area contributed by atoms with Crippen molar-refractivity contribution in [3.8, 4) is 0 Å². The van der Waals surface area contributed by atoms with E-state index in [1.807, 2.05) is 4.98 Å². The summed E-state index contributed by atoms with van der Waals surface area (Å²) >= 11 is 0. The summed E-state index contributed by atoms with van der Waals surface area (Å²) in [5.41, 5.74) is 7.10. The van der Waals surface area contributed by atoms with E-state index in [9.17, 15) is 41.9 Å². The number of nitrogens with one attached hydrogen (secondary N) is 1. The Bertz CT molecular complexity index is 1200. The minimum Gasteiger partial charge on any atom is -0.354 e. The van der Waals surface area contributed by atoms with E-state index in [4.69, 9.17) is 20.1 Å². The lowest BCUT2D eigenvalue weighted by Gasteiger charge is -2.25. The Morgan fingerprint density at radius 1 is 1.34 bits per heavy atom. The summed E-state index contributed by atoms with van der Waals surface area (Å²) in [4.78, 5) is 64.1. The van der Waals surface area contributed by atoms with Crippen molar-refractivity contribution in [2.75, 3.05) is 6.16 Å². The second kappa shape index (κ2) is 8.92.